The zero-order chi connectivity index (χ0) is 17.1. The summed E-state index contributed by atoms with van der Waals surface area (Å²) in [5.74, 6) is 1.92. The first-order valence-corrected chi connectivity index (χ1v) is 7.94. The van der Waals surface area contributed by atoms with E-state index in [1.165, 1.54) is 0 Å². The molecular formula is C17H20N6O. The number of hydrogen-bond acceptors (Lipinski definition) is 5. The van der Waals surface area contributed by atoms with Gasteiger partial charge in [0.1, 0.15) is 23.4 Å². The van der Waals surface area contributed by atoms with Crippen LogP contribution in [0.2, 0.25) is 0 Å². The summed E-state index contributed by atoms with van der Waals surface area (Å²) in [7, 11) is 3.78. The highest BCUT2D eigenvalue weighted by Gasteiger charge is 2.36. The number of hydrogen-bond donors (Lipinski definition) is 1. The Hall–Kier alpha value is -2.88. The first-order valence-electron chi connectivity index (χ1n) is 7.94. The van der Waals surface area contributed by atoms with Crippen molar-refractivity contribution in [2.24, 2.45) is 13.0 Å². The predicted octanol–water partition coefficient (Wildman–Crippen LogP) is 1.71. The van der Waals surface area contributed by atoms with E-state index in [-0.39, 0.29) is 17.9 Å². The molecule has 3 rings (SSSR count). The number of amides is 1. The van der Waals surface area contributed by atoms with Crippen LogP contribution in [0.3, 0.4) is 0 Å². The summed E-state index contributed by atoms with van der Waals surface area (Å²) in [6, 6.07) is 7.29. The van der Waals surface area contributed by atoms with E-state index in [2.05, 4.69) is 15.3 Å². The fraction of sp³-hybridized carbons (Fsp3) is 0.412. The molecule has 0 spiro atoms. The van der Waals surface area contributed by atoms with Crippen LogP contribution in [-0.4, -0.2) is 38.9 Å². The maximum absolute atomic E-state index is 12.1. The third-order valence-electron chi connectivity index (χ3n) is 4.52. The number of anilines is 1. The zero-order valence-corrected chi connectivity index (χ0v) is 13.8. The van der Waals surface area contributed by atoms with Gasteiger partial charge in [0.25, 0.3) is 0 Å². The molecule has 1 amide bonds. The molecule has 124 valence electrons. The van der Waals surface area contributed by atoms with Crippen molar-refractivity contribution in [1.29, 1.82) is 5.26 Å². The van der Waals surface area contributed by atoms with Gasteiger partial charge in [-0.25, -0.2) is 9.97 Å². The van der Waals surface area contributed by atoms with E-state index in [1.54, 1.807) is 23.2 Å². The first kappa shape index (κ1) is 16.0. The van der Waals surface area contributed by atoms with Crippen molar-refractivity contribution in [1.82, 2.24) is 19.4 Å². The molecule has 24 heavy (non-hydrogen) atoms. The number of carbonyl (C=O) groups is 1. The summed E-state index contributed by atoms with van der Waals surface area (Å²) >= 11 is 0. The Morgan fingerprint density at radius 3 is 2.96 bits per heavy atom. The number of rotatable bonds is 4. The molecule has 1 saturated heterocycles. The molecule has 7 heteroatoms. The normalized spacial score (nSPS) is 20.7. The summed E-state index contributed by atoms with van der Waals surface area (Å²) in [6.45, 7) is 0.664. The van der Waals surface area contributed by atoms with Crippen molar-refractivity contribution in [3.63, 3.8) is 0 Å². The number of aromatic nitrogens is 3. The van der Waals surface area contributed by atoms with Crippen molar-refractivity contribution in [2.45, 2.75) is 18.9 Å². The molecule has 0 aliphatic carbocycles. The van der Waals surface area contributed by atoms with E-state index in [0.29, 0.717) is 24.5 Å². The summed E-state index contributed by atoms with van der Waals surface area (Å²) in [5.41, 5.74) is 0.386. The molecule has 2 aromatic rings. The second kappa shape index (κ2) is 6.71. The highest BCUT2D eigenvalue weighted by Crippen LogP contribution is 2.34. The van der Waals surface area contributed by atoms with Crippen LogP contribution in [0.4, 0.5) is 5.82 Å². The molecule has 0 aromatic carbocycles. The SMILES string of the molecule is CN1C(=O)CC[C@H](CNc2cccc(C#N)n2)[C@H]1c1nccn1C. The number of imidazole rings is 1. The first-order chi connectivity index (χ1) is 11.6. The van der Waals surface area contributed by atoms with E-state index in [1.807, 2.05) is 37.0 Å². The smallest absolute Gasteiger partial charge is 0.222 e. The Balaban J connectivity index is 1.78. The third kappa shape index (κ3) is 3.08. The van der Waals surface area contributed by atoms with Gasteiger partial charge in [-0.2, -0.15) is 5.26 Å². The Morgan fingerprint density at radius 1 is 1.42 bits per heavy atom. The van der Waals surface area contributed by atoms with Gasteiger partial charge in [-0.1, -0.05) is 6.07 Å². The average Bonchev–Trinajstić information content (AvgIpc) is 3.01. The molecule has 0 radical (unpaired) electrons. The molecular weight excluding hydrogens is 304 g/mol. The number of nitriles is 1. The van der Waals surface area contributed by atoms with E-state index in [9.17, 15) is 4.79 Å². The molecule has 1 N–H and O–H groups in total. The van der Waals surface area contributed by atoms with Gasteiger partial charge in [0, 0.05) is 45.4 Å². The van der Waals surface area contributed by atoms with Crippen molar-refractivity contribution in [3.05, 3.63) is 42.1 Å². The molecule has 0 unspecified atom stereocenters. The minimum atomic E-state index is -0.0714. The topological polar surface area (TPSA) is 86.8 Å². The maximum Gasteiger partial charge on any atom is 0.222 e. The van der Waals surface area contributed by atoms with Crippen molar-refractivity contribution >= 4 is 11.7 Å². The Morgan fingerprint density at radius 2 is 2.25 bits per heavy atom. The van der Waals surface area contributed by atoms with Gasteiger partial charge in [0.2, 0.25) is 5.91 Å². The number of aryl methyl sites for hydroxylation is 1. The van der Waals surface area contributed by atoms with Crippen LogP contribution in [0.25, 0.3) is 0 Å². The maximum atomic E-state index is 12.1. The summed E-state index contributed by atoms with van der Waals surface area (Å²) < 4.78 is 1.96. The van der Waals surface area contributed by atoms with Crippen LogP contribution in [0, 0.1) is 17.2 Å². The second-order valence-electron chi connectivity index (χ2n) is 6.05. The van der Waals surface area contributed by atoms with Crippen LogP contribution in [0.1, 0.15) is 30.4 Å². The molecule has 0 bridgehead atoms. The minimum absolute atomic E-state index is 0.0714. The van der Waals surface area contributed by atoms with Crippen molar-refractivity contribution in [3.8, 4) is 6.07 Å². The summed E-state index contributed by atoms with van der Waals surface area (Å²) in [4.78, 5) is 22.6. The van der Waals surface area contributed by atoms with Crippen molar-refractivity contribution in [2.75, 3.05) is 18.9 Å². The van der Waals surface area contributed by atoms with Crippen LogP contribution in [-0.2, 0) is 11.8 Å². The van der Waals surface area contributed by atoms with E-state index in [0.717, 1.165) is 12.2 Å². The summed E-state index contributed by atoms with van der Waals surface area (Å²) in [5, 5.41) is 12.2. The molecule has 2 atom stereocenters. The Kier molecular flexibility index (Phi) is 4.47. The number of likely N-dealkylation sites (tertiary alicyclic amines) is 1. The number of nitrogens with zero attached hydrogens (tertiary/aromatic N) is 5. The number of pyridine rings is 1. The largest absolute Gasteiger partial charge is 0.370 e. The standard InChI is InChI=1S/C17H20N6O/c1-22-9-8-19-17(22)16-12(6-7-15(24)23(16)2)11-20-14-5-3-4-13(10-18)21-14/h3-5,8-9,12,16H,6-7,11H2,1-2H3,(H,20,21)/t12-,16+/m1/s1. The molecule has 1 aliphatic heterocycles. The van der Waals surface area contributed by atoms with Gasteiger partial charge < -0.3 is 14.8 Å². The molecule has 3 heterocycles. The van der Waals surface area contributed by atoms with Gasteiger partial charge in [-0.15, -0.1) is 0 Å². The fourth-order valence-electron chi connectivity index (χ4n) is 3.21. The lowest BCUT2D eigenvalue weighted by Gasteiger charge is -2.38. The second-order valence-corrected chi connectivity index (χ2v) is 6.05. The molecule has 7 nitrogen and oxygen atoms in total. The number of piperidine rings is 1. The van der Waals surface area contributed by atoms with Crippen LogP contribution in [0.5, 0.6) is 0 Å². The van der Waals surface area contributed by atoms with Gasteiger partial charge in [-0.3, -0.25) is 4.79 Å². The van der Waals surface area contributed by atoms with Gasteiger partial charge >= 0.3 is 0 Å². The molecule has 2 aromatic heterocycles. The summed E-state index contributed by atoms with van der Waals surface area (Å²) in [6.07, 6.45) is 4.98. The minimum Gasteiger partial charge on any atom is -0.370 e. The molecule has 1 aliphatic rings. The monoisotopic (exact) mass is 324 g/mol. The van der Waals surface area contributed by atoms with Gasteiger partial charge in [-0.05, 0) is 18.6 Å². The van der Waals surface area contributed by atoms with Crippen LogP contribution >= 0.6 is 0 Å². The Labute approximate surface area is 140 Å². The highest BCUT2D eigenvalue weighted by atomic mass is 16.2. The highest BCUT2D eigenvalue weighted by molar-refractivity contribution is 5.77. The lowest BCUT2D eigenvalue weighted by Crippen LogP contribution is -2.43. The van der Waals surface area contributed by atoms with E-state index < -0.39 is 0 Å². The predicted molar refractivity (Wildman–Crippen MR) is 88.9 cm³/mol. The van der Waals surface area contributed by atoms with Crippen LogP contribution in [0.15, 0.2) is 30.6 Å². The van der Waals surface area contributed by atoms with Crippen LogP contribution < -0.4 is 5.32 Å². The zero-order valence-electron chi connectivity index (χ0n) is 13.8. The fourth-order valence-corrected chi connectivity index (χ4v) is 3.21. The third-order valence-corrected chi connectivity index (χ3v) is 4.52. The van der Waals surface area contributed by atoms with Gasteiger partial charge in [0.15, 0.2) is 0 Å². The molecule has 0 saturated carbocycles. The number of nitrogens with one attached hydrogen (secondary N) is 1. The Bertz CT molecular complexity index is 777. The quantitative estimate of drug-likeness (QED) is 0.925. The van der Waals surface area contributed by atoms with Gasteiger partial charge in [0.05, 0.1) is 6.04 Å². The average molecular weight is 324 g/mol. The lowest BCUT2D eigenvalue weighted by molar-refractivity contribution is -0.137. The van der Waals surface area contributed by atoms with Crippen molar-refractivity contribution < 1.29 is 4.79 Å². The number of carbonyl (C=O) groups excluding carboxylic acids is 1. The van der Waals surface area contributed by atoms with E-state index in [4.69, 9.17) is 5.26 Å². The lowest BCUT2D eigenvalue weighted by atomic mass is 9.88. The molecule has 1 fully saturated rings. The van der Waals surface area contributed by atoms with E-state index >= 15 is 0 Å².